The van der Waals surface area contributed by atoms with Gasteiger partial charge in [-0.3, -0.25) is 0 Å². The van der Waals surface area contributed by atoms with Gasteiger partial charge < -0.3 is 0 Å². The zero-order valence-corrected chi connectivity index (χ0v) is 12.6. The molecule has 0 radical (unpaired) electrons. The maximum atomic E-state index is 2.46. The van der Waals surface area contributed by atoms with Crippen LogP contribution in [0.15, 0.2) is 0 Å². The van der Waals surface area contributed by atoms with Gasteiger partial charge in [0.15, 0.2) is 0 Å². The summed E-state index contributed by atoms with van der Waals surface area (Å²) in [6.07, 6.45) is 5.70. The maximum absolute atomic E-state index is 2.46. The van der Waals surface area contributed by atoms with Gasteiger partial charge in [0.1, 0.15) is 0 Å². The first kappa shape index (κ1) is 14.1. The van der Waals surface area contributed by atoms with Crippen LogP contribution >= 0.6 is 0 Å². The number of rotatable bonds is 6. The lowest BCUT2D eigenvalue weighted by molar-refractivity contribution is 0.169. The van der Waals surface area contributed by atoms with Crippen molar-refractivity contribution in [3.8, 4) is 0 Å². The highest BCUT2D eigenvalue weighted by atomic mass is 14.5. The average Bonchev–Trinajstić information content (AvgIpc) is 2.67. The van der Waals surface area contributed by atoms with Crippen molar-refractivity contribution in [2.24, 2.45) is 28.6 Å². The van der Waals surface area contributed by atoms with Crippen LogP contribution in [0, 0.1) is 28.6 Å². The third-order valence-corrected chi connectivity index (χ3v) is 4.93. The molecular weight excluding hydrogens is 192 g/mol. The SMILES string of the molecule is CC(C)CC(C)(C)C(C)CCC1CC1(C)C. The van der Waals surface area contributed by atoms with Crippen molar-refractivity contribution in [2.75, 3.05) is 0 Å². The van der Waals surface area contributed by atoms with E-state index < -0.39 is 0 Å². The van der Waals surface area contributed by atoms with Crippen molar-refractivity contribution in [3.05, 3.63) is 0 Å². The van der Waals surface area contributed by atoms with E-state index in [1.54, 1.807) is 0 Å². The van der Waals surface area contributed by atoms with Crippen LogP contribution in [0.2, 0.25) is 0 Å². The molecule has 1 fully saturated rings. The quantitative estimate of drug-likeness (QED) is 0.557. The second kappa shape index (κ2) is 4.70. The van der Waals surface area contributed by atoms with E-state index in [9.17, 15) is 0 Å². The summed E-state index contributed by atoms with van der Waals surface area (Å²) < 4.78 is 0. The Morgan fingerprint density at radius 1 is 1.19 bits per heavy atom. The Morgan fingerprint density at radius 3 is 2.06 bits per heavy atom. The molecule has 0 aromatic rings. The zero-order chi connectivity index (χ0) is 12.6. The van der Waals surface area contributed by atoms with Crippen LogP contribution in [0.5, 0.6) is 0 Å². The molecule has 1 rings (SSSR count). The topological polar surface area (TPSA) is 0 Å². The van der Waals surface area contributed by atoms with Gasteiger partial charge in [-0.2, -0.15) is 0 Å². The molecule has 0 aliphatic heterocycles. The van der Waals surface area contributed by atoms with E-state index in [2.05, 4.69) is 48.5 Å². The minimum atomic E-state index is 0.521. The highest BCUT2D eigenvalue weighted by molar-refractivity contribution is 4.95. The van der Waals surface area contributed by atoms with Gasteiger partial charge in [0, 0.05) is 0 Å². The number of hydrogen-bond donors (Lipinski definition) is 0. The lowest BCUT2D eigenvalue weighted by Gasteiger charge is -2.33. The standard InChI is InChI=1S/C16H32/c1-12(2)10-15(4,5)13(3)8-9-14-11-16(14,6)7/h12-14H,8-11H2,1-7H3. The van der Waals surface area contributed by atoms with Gasteiger partial charge >= 0.3 is 0 Å². The van der Waals surface area contributed by atoms with E-state index in [1.165, 1.54) is 25.7 Å². The van der Waals surface area contributed by atoms with Gasteiger partial charge in [0.25, 0.3) is 0 Å². The first-order valence-electron chi connectivity index (χ1n) is 7.15. The van der Waals surface area contributed by atoms with Gasteiger partial charge in [-0.15, -0.1) is 0 Å². The molecule has 0 heterocycles. The molecule has 96 valence electrons. The summed E-state index contributed by atoms with van der Waals surface area (Å²) >= 11 is 0. The summed E-state index contributed by atoms with van der Waals surface area (Å²) in [6, 6.07) is 0. The Morgan fingerprint density at radius 2 is 1.69 bits per heavy atom. The van der Waals surface area contributed by atoms with E-state index in [-0.39, 0.29) is 0 Å². The summed E-state index contributed by atoms with van der Waals surface area (Å²) in [7, 11) is 0. The summed E-state index contributed by atoms with van der Waals surface area (Å²) in [5.41, 5.74) is 1.19. The van der Waals surface area contributed by atoms with E-state index >= 15 is 0 Å². The van der Waals surface area contributed by atoms with E-state index in [0.29, 0.717) is 10.8 Å². The van der Waals surface area contributed by atoms with Gasteiger partial charge in [-0.25, -0.2) is 0 Å². The Hall–Kier alpha value is 0. The second-order valence-corrected chi connectivity index (χ2v) is 7.95. The third kappa shape index (κ3) is 3.79. The maximum Gasteiger partial charge on any atom is -0.0323 e. The molecule has 16 heavy (non-hydrogen) atoms. The zero-order valence-electron chi connectivity index (χ0n) is 12.6. The van der Waals surface area contributed by atoms with Crippen LogP contribution in [0.25, 0.3) is 0 Å². The van der Waals surface area contributed by atoms with Crippen LogP contribution in [0.1, 0.15) is 74.1 Å². The molecule has 0 heteroatoms. The molecule has 0 nitrogen and oxygen atoms in total. The Labute approximate surface area is 103 Å². The van der Waals surface area contributed by atoms with Gasteiger partial charge in [-0.05, 0) is 54.3 Å². The molecule has 0 aromatic heterocycles. The van der Waals surface area contributed by atoms with Crippen molar-refractivity contribution in [1.82, 2.24) is 0 Å². The molecule has 2 unspecified atom stereocenters. The van der Waals surface area contributed by atoms with Crippen LogP contribution in [0.3, 0.4) is 0 Å². The van der Waals surface area contributed by atoms with E-state index in [4.69, 9.17) is 0 Å². The largest absolute Gasteiger partial charge is 0.0628 e. The lowest BCUT2D eigenvalue weighted by Crippen LogP contribution is -2.23. The minimum Gasteiger partial charge on any atom is -0.0628 e. The van der Waals surface area contributed by atoms with E-state index in [0.717, 1.165) is 17.8 Å². The first-order valence-corrected chi connectivity index (χ1v) is 7.15. The molecular formula is C16H32. The fourth-order valence-corrected chi connectivity index (χ4v) is 3.16. The molecule has 2 atom stereocenters. The Kier molecular flexibility index (Phi) is 4.13. The summed E-state index contributed by atoms with van der Waals surface area (Å²) in [4.78, 5) is 0. The van der Waals surface area contributed by atoms with Crippen molar-refractivity contribution in [3.63, 3.8) is 0 Å². The lowest BCUT2D eigenvalue weighted by atomic mass is 9.72. The smallest absolute Gasteiger partial charge is 0.0323 e. The van der Waals surface area contributed by atoms with Gasteiger partial charge in [0.2, 0.25) is 0 Å². The fourth-order valence-electron chi connectivity index (χ4n) is 3.16. The van der Waals surface area contributed by atoms with Crippen molar-refractivity contribution in [2.45, 2.75) is 74.1 Å². The monoisotopic (exact) mass is 224 g/mol. The summed E-state index contributed by atoms with van der Waals surface area (Å²) in [5, 5.41) is 0. The number of hydrogen-bond acceptors (Lipinski definition) is 0. The van der Waals surface area contributed by atoms with Crippen LogP contribution in [-0.2, 0) is 0 Å². The average molecular weight is 224 g/mol. The molecule has 0 spiro atoms. The summed E-state index contributed by atoms with van der Waals surface area (Å²) in [6.45, 7) is 16.9. The third-order valence-electron chi connectivity index (χ3n) is 4.93. The van der Waals surface area contributed by atoms with Gasteiger partial charge in [-0.1, -0.05) is 48.5 Å². The molecule has 1 aliphatic carbocycles. The van der Waals surface area contributed by atoms with E-state index in [1.807, 2.05) is 0 Å². The molecule has 0 aromatic carbocycles. The van der Waals surface area contributed by atoms with Crippen LogP contribution < -0.4 is 0 Å². The molecule has 0 saturated heterocycles. The van der Waals surface area contributed by atoms with Crippen molar-refractivity contribution in [1.29, 1.82) is 0 Å². The molecule has 0 N–H and O–H groups in total. The molecule has 1 aliphatic rings. The van der Waals surface area contributed by atoms with Crippen LogP contribution in [0.4, 0.5) is 0 Å². The Balaban J connectivity index is 2.31. The molecule has 0 amide bonds. The minimum absolute atomic E-state index is 0.521. The van der Waals surface area contributed by atoms with Crippen molar-refractivity contribution < 1.29 is 0 Å². The Bertz CT molecular complexity index is 222. The second-order valence-electron chi connectivity index (χ2n) is 7.95. The predicted octanol–water partition coefficient (Wildman–Crippen LogP) is 5.52. The highest BCUT2D eigenvalue weighted by Crippen LogP contribution is 2.55. The van der Waals surface area contributed by atoms with Gasteiger partial charge in [0.05, 0.1) is 0 Å². The summed E-state index contributed by atoms with van der Waals surface area (Å²) in [5.74, 6) is 2.71. The normalized spacial score (nSPS) is 25.9. The first-order chi connectivity index (χ1) is 7.15. The van der Waals surface area contributed by atoms with Crippen LogP contribution in [-0.4, -0.2) is 0 Å². The highest BCUT2D eigenvalue weighted by Gasteiger charge is 2.45. The fraction of sp³-hybridized carbons (Fsp3) is 1.00. The van der Waals surface area contributed by atoms with Crippen molar-refractivity contribution >= 4 is 0 Å². The predicted molar refractivity (Wildman–Crippen MR) is 73.5 cm³/mol. The molecule has 1 saturated carbocycles. The molecule has 0 bridgehead atoms.